The molecule has 5 rings (SSSR count). The second kappa shape index (κ2) is 6.06. The summed E-state index contributed by atoms with van der Waals surface area (Å²) in [6, 6.07) is 14.3. The van der Waals surface area contributed by atoms with Crippen LogP contribution in [-0.2, 0) is 0 Å². The van der Waals surface area contributed by atoms with Crippen molar-refractivity contribution in [2.75, 3.05) is 0 Å². The van der Waals surface area contributed by atoms with Gasteiger partial charge in [0.05, 0.1) is 22.1 Å². The van der Waals surface area contributed by atoms with Crippen molar-refractivity contribution in [2.45, 2.75) is 0 Å². The molecule has 0 aliphatic rings. The minimum absolute atomic E-state index is 0.00107. The maximum atomic E-state index is 7.56. The molecule has 0 spiro atoms. The van der Waals surface area contributed by atoms with Crippen molar-refractivity contribution in [3.05, 3.63) is 59.7 Å². The zero-order valence-electron chi connectivity index (χ0n) is 15.1. The maximum Gasteiger partial charge on any atom is 0.174 e. The van der Waals surface area contributed by atoms with Gasteiger partial charge in [-0.15, -0.1) is 0 Å². The van der Waals surface area contributed by atoms with Crippen LogP contribution < -0.4 is 11.5 Å². The Labute approximate surface area is 163 Å². The highest BCUT2D eigenvalue weighted by Gasteiger charge is 2.14. The van der Waals surface area contributed by atoms with Crippen molar-refractivity contribution in [3.63, 3.8) is 0 Å². The smallest absolute Gasteiger partial charge is 0.174 e. The van der Waals surface area contributed by atoms with E-state index in [0.717, 1.165) is 22.1 Å². The lowest BCUT2D eigenvalue weighted by atomic mass is 10.2. The molecule has 0 amide bonds. The third-order valence-corrected chi connectivity index (χ3v) is 4.66. The number of aromatic nitrogens is 4. The van der Waals surface area contributed by atoms with Gasteiger partial charge in [0, 0.05) is 11.1 Å². The first-order valence-corrected chi connectivity index (χ1v) is 8.77. The van der Waals surface area contributed by atoms with Gasteiger partial charge in [-0.1, -0.05) is 0 Å². The molecule has 0 atom stereocenters. The molecule has 3 heterocycles. The Bertz CT molecular complexity index is 1310. The van der Waals surface area contributed by atoms with E-state index in [-0.39, 0.29) is 11.7 Å². The first-order chi connectivity index (χ1) is 14.0. The van der Waals surface area contributed by atoms with Gasteiger partial charge in [-0.2, -0.15) is 0 Å². The molecule has 0 bridgehead atoms. The Morgan fingerprint density at radius 2 is 1.17 bits per heavy atom. The summed E-state index contributed by atoms with van der Waals surface area (Å²) in [5.41, 5.74) is 15.4. The summed E-state index contributed by atoms with van der Waals surface area (Å²) in [6.45, 7) is 0. The Balaban J connectivity index is 1.52. The number of H-pyrrole nitrogens is 2. The van der Waals surface area contributed by atoms with Gasteiger partial charge in [0.2, 0.25) is 0 Å². The van der Waals surface area contributed by atoms with Gasteiger partial charge in [-0.25, -0.2) is 9.97 Å². The molecule has 0 radical (unpaired) electrons. The van der Waals surface area contributed by atoms with Crippen LogP contribution in [0.5, 0.6) is 0 Å². The average molecular weight is 384 g/mol. The zero-order valence-corrected chi connectivity index (χ0v) is 15.1. The van der Waals surface area contributed by atoms with Crippen molar-refractivity contribution in [1.82, 2.24) is 19.9 Å². The van der Waals surface area contributed by atoms with Crippen molar-refractivity contribution < 1.29 is 4.42 Å². The van der Waals surface area contributed by atoms with E-state index in [1.165, 1.54) is 0 Å². The number of nitrogens with zero attached hydrogens (tertiary/aromatic N) is 2. The Kier molecular flexibility index (Phi) is 3.50. The van der Waals surface area contributed by atoms with Crippen LogP contribution >= 0.6 is 0 Å². The zero-order chi connectivity index (χ0) is 20.1. The summed E-state index contributed by atoms with van der Waals surface area (Å²) in [6.07, 6.45) is 0. The maximum absolute atomic E-state index is 7.56. The summed E-state index contributed by atoms with van der Waals surface area (Å²) in [7, 11) is 0. The molecule has 0 fully saturated rings. The van der Waals surface area contributed by atoms with Gasteiger partial charge in [0.1, 0.15) is 11.7 Å². The van der Waals surface area contributed by atoms with E-state index in [1.54, 1.807) is 24.3 Å². The number of rotatable bonds is 4. The molecule has 3 aromatic heterocycles. The summed E-state index contributed by atoms with van der Waals surface area (Å²) < 4.78 is 5.95. The van der Waals surface area contributed by atoms with Crippen molar-refractivity contribution in [2.24, 2.45) is 11.5 Å². The Morgan fingerprint density at radius 3 is 1.59 bits per heavy atom. The van der Waals surface area contributed by atoms with E-state index in [2.05, 4.69) is 19.9 Å². The minimum atomic E-state index is 0.00107. The fourth-order valence-corrected chi connectivity index (χ4v) is 3.18. The molecule has 29 heavy (non-hydrogen) atoms. The predicted octanol–water partition coefficient (Wildman–Crippen LogP) is 2.93. The Morgan fingerprint density at radius 1 is 0.724 bits per heavy atom. The lowest BCUT2D eigenvalue weighted by Crippen LogP contribution is -2.10. The van der Waals surface area contributed by atoms with Gasteiger partial charge < -0.3 is 25.9 Å². The van der Waals surface area contributed by atoms with Crippen LogP contribution in [0.4, 0.5) is 0 Å². The molecule has 0 saturated carbocycles. The number of fused-ring (bicyclic) bond motifs is 2. The van der Waals surface area contributed by atoms with Crippen LogP contribution in [0.3, 0.4) is 0 Å². The van der Waals surface area contributed by atoms with Crippen molar-refractivity contribution >= 4 is 33.7 Å². The second-order valence-electron chi connectivity index (χ2n) is 6.63. The number of hydrogen-bond donors (Lipinski definition) is 6. The standard InChI is InChI=1S/C20H16N8O/c21-17(22)9-1-3-11-13(7-9)27-19(25-11)15-5-6-16(29-15)20-26-12-4-2-10(18(23)24)8-14(12)28-20/h1-8H,(H3,21,22)(H3,23,24)(H,25,27)(H,26,28). The molecule has 9 nitrogen and oxygen atoms in total. The topological polar surface area (TPSA) is 170 Å². The molecule has 5 aromatic rings. The lowest BCUT2D eigenvalue weighted by molar-refractivity contribution is 0.589. The molecule has 0 aliphatic heterocycles. The lowest BCUT2D eigenvalue weighted by Gasteiger charge is -1.96. The normalized spacial score (nSPS) is 11.3. The summed E-state index contributed by atoms with van der Waals surface area (Å²) in [5, 5.41) is 15.1. The van der Waals surface area contributed by atoms with Gasteiger partial charge in [0.25, 0.3) is 0 Å². The number of nitrogen functional groups attached to an aromatic ring is 2. The first kappa shape index (κ1) is 16.8. The van der Waals surface area contributed by atoms with Crippen LogP contribution in [0.25, 0.3) is 45.2 Å². The molecule has 0 saturated heterocycles. The molecule has 8 N–H and O–H groups in total. The third-order valence-electron chi connectivity index (χ3n) is 4.66. The number of nitrogens with one attached hydrogen (secondary N) is 4. The first-order valence-electron chi connectivity index (χ1n) is 8.77. The van der Waals surface area contributed by atoms with Gasteiger partial charge in [-0.05, 0) is 48.5 Å². The number of aromatic amines is 2. The predicted molar refractivity (Wildman–Crippen MR) is 111 cm³/mol. The number of nitrogens with two attached hydrogens (primary N) is 2. The van der Waals surface area contributed by atoms with Crippen LogP contribution in [0.15, 0.2) is 52.9 Å². The number of hydrogen-bond acceptors (Lipinski definition) is 5. The van der Waals surface area contributed by atoms with Crippen LogP contribution in [0, 0.1) is 10.8 Å². The molecule has 0 unspecified atom stereocenters. The molecule has 142 valence electrons. The average Bonchev–Trinajstić information content (AvgIpc) is 3.42. The Hall–Kier alpha value is -4.40. The van der Waals surface area contributed by atoms with E-state index >= 15 is 0 Å². The van der Waals surface area contributed by atoms with E-state index in [1.807, 2.05) is 24.3 Å². The van der Waals surface area contributed by atoms with Crippen LogP contribution in [0.1, 0.15) is 11.1 Å². The molecule has 9 heteroatoms. The quantitative estimate of drug-likeness (QED) is 0.206. The van der Waals surface area contributed by atoms with Crippen molar-refractivity contribution in [3.8, 4) is 23.2 Å². The fraction of sp³-hybridized carbons (Fsp3) is 0. The SMILES string of the molecule is N=C(N)c1ccc2nc(-c3ccc(-c4nc5ccc(C(=N)N)cc5[nH]4)o3)[nH]c2c1. The molecular formula is C20H16N8O. The van der Waals surface area contributed by atoms with E-state index < -0.39 is 0 Å². The van der Waals surface area contributed by atoms with Gasteiger partial charge in [0.15, 0.2) is 23.2 Å². The molecular weight excluding hydrogens is 368 g/mol. The second-order valence-corrected chi connectivity index (χ2v) is 6.63. The van der Waals surface area contributed by atoms with Crippen LogP contribution in [0.2, 0.25) is 0 Å². The highest BCUT2D eigenvalue weighted by atomic mass is 16.3. The monoisotopic (exact) mass is 384 g/mol. The van der Waals surface area contributed by atoms with Gasteiger partial charge in [-0.3, -0.25) is 10.8 Å². The van der Waals surface area contributed by atoms with Crippen LogP contribution in [-0.4, -0.2) is 31.6 Å². The van der Waals surface area contributed by atoms with Crippen molar-refractivity contribution in [1.29, 1.82) is 10.8 Å². The summed E-state index contributed by atoms with van der Waals surface area (Å²) in [5.74, 6) is 2.27. The number of benzene rings is 2. The number of amidine groups is 2. The fourth-order valence-electron chi connectivity index (χ4n) is 3.18. The highest BCUT2D eigenvalue weighted by molar-refractivity contribution is 5.99. The largest absolute Gasteiger partial charge is 0.450 e. The van der Waals surface area contributed by atoms with E-state index in [0.29, 0.717) is 34.3 Å². The highest BCUT2D eigenvalue weighted by Crippen LogP contribution is 2.28. The molecule has 0 aliphatic carbocycles. The molecule has 2 aromatic carbocycles. The third kappa shape index (κ3) is 2.81. The summed E-state index contributed by atoms with van der Waals surface area (Å²) in [4.78, 5) is 15.5. The minimum Gasteiger partial charge on any atom is -0.450 e. The van der Waals surface area contributed by atoms with E-state index in [4.69, 9.17) is 26.7 Å². The summed E-state index contributed by atoms with van der Waals surface area (Å²) >= 11 is 0. The number of furan rings is 1. The van der Waals surface area contributed by atoms with Gasteiger partial charge >= 0.3 is 0 Å². The van der Waals surface area contributed by atoms with E-state index in [9.17, 15) is 0 Å². The number of imidazole rings is 2.